The molecule has 0 spiro atoms. The van der Waals surface area contributed by atoms with E-state index in [9.17, 15) is 4.79 Å². The molecule has 0 aromatic heterocycles. The highest BCUT2D eigenvalue weighted by atomic mass is 35.5. The zero-order valence-corrected chi connectivity index (χ0v) is 11.5. The zero-order chi connectivity index (χ0) is 13.7. The van der Waals surface area contributed by atoms with E-state index in [4.69, 9.17) is 21.4 Å². The highest BCUT2D eigenvalue weighted by Gasteiger charge is 2.26. The first-order valence-corrected chi connectivity index (χ1v) is 6.87. The summed E-state index contributed by atoms with van der Waals surface area (Å²) in [6.45, 7) is 2.26. The molecule has 0 aliphatic carbocycles. The second kappa shape index (κ2) is 6.78. The number of ether oxygens (including phenoxy) is 1. The minimum absolute atomic E-state index is 0.153. The van der Waals surface area contributed by atoms with Gasteiger partial charge in [0.2, 0.25) is 0 Å². The highest BCUT2D eigenvalue weighted by molar-refractivity contribution is 6.30. The molecule has 0 saturated carbocycles. The molecule has 1 fully saturated rings. The summed E-state index contributed by atoms with van der Waals surface area (Å²) < 4.78 is 5.63. The number of likely N-dealkylation sites (tertiary alicyclic amines) is 1. The average molecular weight is 284 g/mol. The van der Waals surface area contributed by atoms with Crippen molar-refractivity contribution < 1.29 is 14.6 Å². The molecule has 1 atom stereocenters. The molecule has 1 aromatic carbocycles. The first-order valence-electron chi connectivity index (χ1n) is 6.49. The lowest BCUT2D eigenvalue weighted by Gasteiger charge is -2.23. The maximum Gasteiger partial charge on any atom is 0.304 e. The number of nitrogens with zero attached hydrogens (tertiary/aromatic N) is 1. The fourth-order valence-corrected chi connectivity index (χ4v) is 2.64. The molecule has 2 rings (SSSR count). The smallest absolute Gasteiger partial charge is 0.304 e. The van der Waals surface area contributed by atoms with E-state index in [1.165, 1.54) is 0 Å². The number of rotatable bonds is 6. The summed E-state index contributed by atoms with van der Waals surface area (Å²) in [7, 11) is 0. The van der Waals surface area contributed by atoms with Crippen molar-refractivity contribution in [3.8, 4) is 5.75 Å². The Balaban J connectivity index is 1.77. The van der Waals surface area contributed by atoms with E-state index in [0.717, 1.165) is 31.7 Å². The SMILES string of the molecule is O=C(O)CC1CCCN1CCOc1cccc(Cl)c1. The Hall–Kier alpha value is -1.26. The summed E-state index contributed by atoms with van der Waals surface area (Å²) >= 11 is 5.88. The van der Waals surface area contributed by atoms with Crippen LogP contribution in [0.3, 0.4) is 0 Å². The molecule has 5 heteroatoms. The van der Waals surface area contributed by atoms with E-state index >= 15 is 0 Å². The number of halogens is 1. The van der Waals surface area contributed by atoms with Gasteiger partial charge in [-0.25, -0.2) is 0 Å². The normalized spacial score (nSPS) is 19.5. The zero-order valence-electron chi connectivity index (χ0n) is 10.7. The van der Waals surface area contributed by atoms with Gasteiger partial charge in [-0.1, -0.05) is 17.7 Å². The molecule has 4 nitrogen and oxygen atoms in total. The Bertz CT molecular complexity index is 438. The Morgan fingerprint density at radius 2 is 2.37 bits per heavy atom. The van der Waals surface area contributed by atoms with Crippen molar-refractivity contribution in [2.45, 2.75) is 25.3 Å². The van der Waals surface area contributed by atoms with Crippen LogP contribution >= 0.6 is 11.6 Å². The van der Waals surface area contributed by atoms with Crippen LogP contribution in [0, 0.1) is 0 Å². The predicted octanol–water partition coefficient (Wildman–Crippen LogP) is 2.66. The fraction of sp³-hybridized carbons (Fsp3) is 0.500. The van der Waals surface area contributed by atoms with Gasteiger partial charge in [-0.2, -0.15) is 0 Å². The van der Waals surface area contributed by atoms with Crippen LogP contribution < -0.4 is 4.74 Å². The maximum atomic E-state index is 10.8. The van der Waals surface area contributed by atoms with Crippen LogP contribution in [-0.4, -0.2) is 41.7 Å². The summed E-state index contributed by atoms with van der Waals surface area (Å²) in [5.41, 5.74) is 0. The molecule has 1 unspecified atom stereocenters. The average Bonchev–Trinajstić information content (AvgIpc) is 2.76. The van der Waals surface area contributed by atoms with E-state index in [2.05, 4.69) is 4.90 Å². The van der Waals surface area contributed by atoms with Gasteiger partial charge in [0.1, 0.15) is 12.4 Å². The van der Waals surface area contributed by atoms with E-state index in [0.29, 0.717) is 11.6 Å². The number of carboxylic acid groups (broad SMARTS) is 1. The van der Waals surface area contributed by atoms with Crippen LogP contribution in [0.4, 0.5) is 0 Å². The van der Waals surface area contributed by atoms with Crippen molar-refractivity contribution in [1.29, 1.82) is 0 Å². The van der Waals surface area contributed by atoms with Crippen molar-refractivity contribution in [2.24, 2.45) is 0 Å². The Morgan fingerprint density at radius 3 is 3.11 bits per heavy atom. The monoisotopic (exact) mass is 283 g/mol. The molecule has 1 aliphatic rings. The standard InChI is InChI=1S/C14H18ClNO3/c15-11-3-1-5-13(9-11)19-8-7-16-6-2-4-12(16)10-14(17)18/h1,3,5,9,12H,2,4,6-8,10H2,(H,17,18). The van der Waals surface area contributed by atoms with Crippen molar-refractivity contribution in [3.05, 3.63) is 29.3 Å². The second-order valence-corrected chi connectivity index (χ2v) is 5.17. The molecule has 19 heavy (non-hydrogen) atoms. The molecule has 1 aliphatic heterocycles. The van der Waals surface area contributed by atoms with Crippen molar-refractivity contribution in [1.82, 2.24) is 4.90 Å². The third-order valence-electron chi connectivity index (χ3n) is 3.35. The van der Waals surface area contributed by atoms with Crippen molar-refractivity contribution in [3.63, 3.8) is 0 Å². The van der Waals surface area contributed by atoms with Gasteiger partial charge in [0.15, 0.2) is 0 Å². The topological polar surface area (TPSA) is 49.8 Å². The van der Waals surface area contributed by atoms with E-state index < -0.39 is 5.97 Å². The number of carbonyl (C=O) groups is 1. The lowest BCUT2D eigenvalue weighted by Crippen LogP contribution is -2.34. The molecule has 0 radical (unpaired) electrons. The van der Waals surface area contributed by atoms with E-state index in [-0.39, 0.29) is 12.5 Å². The van der Waals surface area contributed by atoms with Gasteiger partial charge in [0, 0.05) is 17.6 Å². The predicted molar refractivity (Wildman–Crippen MR) is 73.8 cm³/mol. The van der Waals surface area contributed by atoms with Crippen LogP contribution in [0.15, 0.2) is 24.3 Å². The maximum absolute atomic E-state index is 10.8. The molecule has 1 saturated heterocycles. The molecule has 1 heterocycles. The highest BCUT2D eigenvalue weighted by Crippen LogP contribution is 2.20. The fourth-order valence-electron chi connectivity index (χ4n) is 2.46. The van der Waals surface area contributed by atoms with Crippen LogP contribution in [0.25, 0.3) is 0 Å². The van der Waals surface area contributed by atoms with Crippen LogP contribution in [0.2, 0.25) is 5.02 Å². The number of carboxylic acids is 1. The third kappa shape index (κ3) is 4.40. The lowest BCUT2D eigenvalue weighted by atomic mass is 10.1. The van der Waals surface area contributed by atoms with Gasteiger partial charge >= 0.3 is 5.97 Å². The van der Waals surface area contributed by atoms with Crippen molar-refractivity contribution in [2.75, 3.05) is 19.7 Å². The molecular weight excluding hydrogens is 266 g/mol. The number of aliphatic carboxylic acids is 1. The van der Waals surface area contributed by atoms with Gasteiger partial charge in [-0.05, 0) is 37.6 Å². The summed E-state index contributed by atoms with van der Waals surface area (Å²) in [5, 5.41) is 9.51. The quantitative estimate of drug-likeness (QED) is 0.872. The molecule has 0 bridgehead atoms. The summed E-state index contributed by atoms with van der Waals surface area (Å²) in [6, 6.07) is 7.45. The Kier molecular flexibility index (Phi) is 5.05. The number of benzene rings is 1. The number of hydrogen-bond acceptors (Lipinski definition) is 3. The van der Waals surface area contributed by atoms with Gasteiger partial charge < -0.3 is 9.84 Å². The van der Waals surface area contributed by atoms with Gasteiger partial charge in [-0.3, -0.25) is 9.69 Å². The van der Waals surface area contributed by atoms with E-state index in [1.807, 2.05) is 12.1 Å². The third-order valence-corrected chi connectivity index (χ3v) is 3.59. The van der Waals surface area contributed by atoms with Gasteiger partial charge in [0.05, 0.1) is 6.42 Å². The summed E-state index contributed by atoms with van der Waals surface area (Å²) in [5.74, 6) is 0.0224. The van der Waals surface area contributed by atoms with Crippen LogP contribution in [0.5, 0.6) is 5.75 Å². The van der Waals surface area contributed by atoms with E-state index in [1.54, 1.807) is 12.1 Å². The molecule has 1 N–H and O–H groups in total. The number of hydrogen-bond donors (Lipinski definition) is 1. The first kappa shape index (κ1) is 14.2. The summed E-state index contributed by atoms with van der Waals surface area (Å²) in [4.78, 5) is 13.0. The van der Waals surface area contributed by atoms with Crippen molar-refractivity contribution >= 4 is 17.6 Å². The molecule has 1 aromatic rings. The van der Waals surface area contributed by atoms with Crippen LogP contribution in [0.1, 0.15) is 19.3 Å². The largest absolute Gasteiger partial charge is 0.492 e. The Labute approximate surface area is 117 Å². The Morgan fingerprint density at radius 1 is 1.53 bits per heavy atom. The first-order chi connectivity index (χ1) is 9.15. The molecular formula is C14H18ClNO3. The minimum Gasteiger partial charge on any atom is -0.492 e. The minimum atomic E-state index is -0.729. The molecule has 0 amide bonds. The second-order valence-electron chi connectivity index (χ2n) is 4.74. The lowest BCUT2D eigenvalue weighted by molar-refractivity contribution is -0.138. The van der Waals surface area contributed by atoms with Gasteiger partial charge in [0.25, 0.3) is 0 Å². The molecule has 104 valence electrons. The summed E-state index contributed by atoms with van der Waals surface area (Å²) in [6.07, 6.45) is 2.25. The van der Waals surface area contributed by atoms with Gasteiger partial charge in [-0.15, -0.1) is 0 Å². The van der Waals surface area contributed by atoms with Crippen LogP contribution in [-0.2, 0) is 4.79 Å².